The van der Waals surface area contributed by atoms with Gasteiger partial charge in [-0.2, -0.15) is 0 Å². The molecule has 0 radical (unpaired) electrons. The van der Waals surface area contributed by atoms with Gasteiger partial charge in [-0.25, -0.2) is 0 Å². The number of anilines is 5. The van der Waals surface area contributed by atoms with Crippen molar-refractivity contribution in [3.05, 3.63) is 197 Å². The van der Waals surface area contributed by atoms with Crippen LogP contribution in [0.25, 0.3) is 33.0 Å². The SMILES string of the molecule is Cc1ccc(N(C2=CC=CCC2)c2ccc3c(c2)C(C)(C)c2c4c(c5ccccc5c2-3)-c2ccc(N(c3ccccc3)c3ccc(C)cc3)cc2C4(C)C)cc1. The maximum Gasteiger partial charge on any atom is 0.0465 e. The van der Waals surface area contributed by atoms with Crippen molar-refractivity contribution in [2.45, 2.75) is 65.2 Å². The number of nitrogens with zero attached hydrogens (tertiary/aromatic N) is 2. The molecule has 0 spiro atoms. The standard InChI is InChI=1S/C54H48N2/c1-35-21-25-39(26-22-35)55(37-15-9-7-10-16-37)41-29-31-45-47(33-41)53(3,4)51-49(45)43-19-13-14-20-44(43)50-46-32-30-42(34-48(46)54(5,6)52(50)51)56(38-17-11-8-12-18-38)40-27-23-36(2)24-28-40/h7-11,13-17,19-34H,12,18H2,1-6H3. The Kier molecular flexibility index (Phi) is 7.80. The Balaban J connectivity index is 1.17. The first-order valence-electron chi connectivity index (χ1n) is 20.2. The molecule has 7 aromatic rings. The summed E-state index contributed by atoms with van der Waals surface area (Å²) in [7, 11) is 0. The van der Waals surface area contributed by atoms with Crippen LogP contribution in [0, 0.1) is 13.8 Å². The van der Waals surface area contributed by atoms with Crippen molar-refractivity contribution in [3.8, 4) is 22.3 Å². The molecular weight excluding hydrogens is 677 g/mol. The van der Waals surface area contributed by atoms with E-state index in [1.54, 1.807) is 0 Å². The van der Waals surface area contributed by atoms with Gasteiger partial charge < -0.3 is 9.80 Å². The van der Waals surface area contributed by atoms with Gasteiger partial charge in [-0.1, -0.05) is 130 Å². The number of hydrogen-bond donors (Lipinski definition) is 0. The van der Waals surface area contributed by atoms with Gasteiger partial charge >= 0.3 is 0 Å². The lowest BCUT2D eigenvalue weighted by Crippen LogP contribution is -2.25. The van der Waals surface area contributed by atoms with Gasteiger partial charge in [-0.05, 0) is 149 Å². The zero-order valence-electron chi connectivity index (χ0n) is 33.3. The predicted octanol–water partition coefficient (Wildman–Crippen LogP) is 14.9. The topological polar surface area (TPSA) is 6.48 Å². The highest BCUT2D eigenvalue weighted by Crippen LogP contribution is 2.63. The van der Waals surface area contributed by atoms with E-state index in [2.05, 4.69) is 209 Å². The van der Waals surface area contributed by atoms with Crippen LogP contribution in [0.15, 0.2) is 163 Å². The maximum atomic E-state index is 2.50. The third-order valence-electron chi connectivity index (χ3n) is 12.8. The highest BCUT2D eigenvalue weighted by molar-refractivity contribution is 6.13. The van der Waals surface area contributed by atoms with Crippen LogP contribution < -0.4 is 9.80 Å². The molecule has 0 atom stereocenters. The van der Waals surface area contributed by atoms with E-state index in [0.29, 0.717) is 0 Å². The number of fused-ring (bicyclic) bond motifs is 10. The van der Waals surface area contributed by atoms with Crippen molar-refractivity contribution in [1.29, 1.82) is 0 Å². The zero-order chi connectivity index (χ0) is 38.3. The molecule has 3 aliphatic rings. The van der Waals surface area contributed by atoms with Gasteiger partial charge in [0.2, 0.25) is 0 Å². The van der Waals surface area contributed by atoms with Gasteiger partial charge in [0.15, 0.2) is 0 Å². The van der Waals surface area contributed by atoms with Crippen molar-refractivity contribution in [2.75, 3.05) is 9.80 Å². The van der Waals surface area contributed by atoms with Gasteiger partial charge in [0.1, 0.15) is 0 Å². The van der Waals surface area contributed by atoms with Crippen LogP contribution in [0.5, 0.6) is 0 Å². The minimum absolute atomic E-state index is 0.227. The summed E-state index contributed by atoms with van der Waals surface area (Å²) in [6.45, 7) is 14.2. The molecule has 0 saturated carbocycles. The average Bonchev–Trinajstić information content (AvgIpc) is 3.59. The molecule has 0 bridgehead atoms. The number of para-hydroxylation sites is 1. The smallest absolute Gasteiger partial charge is 0.0465 e. The van der Waals surface area contributed by atoms with Crippen LogP contribution in [-0.2, 0) is 10.8 Å². The minimum Gasteiger partial charge on any atom is -0.314 e. The maximum absolute atomic E-state index is 2.50. The molecule has 56 heavy (non-hydrogen) atoms. The normalized spacial score (nSPS) is 15.5. The molecule has 0 fully saturated rings. The highest BCUT2D eigenvalue weighted by Gasteiger charge is 2.47. The first-order chi connectivity index (χ1) is 27.1. The lowest BCUT2D eigenvalue weighted by Gasteiger charge is -2.33. The van der Waals surface area contributed by atoms with Crippen molar-refractivity contribution in [3.63, 3.8) is 0 Å². The third-order valence-corrected chi connectivity index (χ3v) is 12.8. The number of aryl methyl sites for hydroxylation is 2. The summed E-state index contributed by atoms with van der Waals surface area (Å²) < 4.78 is 0. The first kappa shape index (κ1) is 34.4. The fourth-order valence-electron chi connectivity index (χ4n) is 10.00. The summed E-state index contributed by atoms with van der Waals surface area (Å²) in [6, 6.07) is 52.3. The van der Waals surface area contributed by atoms with E-state index in [0.717, 1.165) is 24.2 Å². The Bertz CT molecular complexity index is 2740. The molecule has 0 aliphatic heterocycles. The summed E-state index contributed by atoms with van der Waals surface area (Å²) in [5.41, 5.74) is 20.6. The van der Waals surface area contributed by atoms with Gasteiger partial charge in [0, 0.05) is 45.0 Å². The van der Waals surface area contributed by atoms with Crippen LogP contribution >= 0.6 is 0 Å². The second-order valence-corrected chi connectivity index (χ2v) is 17.1. The van der Waals surface area contributed by atoms with E-state index in [1.807, 2.05) is 0 Å². The molecule has 0 amide bonds. The highest BCUT2D eigenvalue weighted by atomic mass is 15.2. The summed E-state index contributed by atoms with van der Waals surface area (Å²) in [6.07, 6.45) is 8.86. The lowest BCUT2D eigenvalue weighted by atomic mass is 9.71. The summed E-state index contributed by atoms with van der Waals surface area (Å²) >= 11 is 0. The van der Waals surface area contributed by atoms with E-state index in [-0.39, 0.29) is 10.8 Å². The molecule has 0 saturated heterocycles. The number of rotatable bonds is 6. The molecule has 2 heteroatoms. The van der Waals surface area contributed by atoms with Crippen molar-refractivity contribution < 1.29 is 0 Å². The quantitative estimate of drug-likeness (QED) is 0.168. The molecule has 10 rings (SSSR count). The lowest BCUT2D eigenvalue weighted by molar-refractivity contribution is 0.602. The van der Waals surface area contributed by atoms with E-state index < -0.39 is 0 Å². The Labute approximate surface area is 332 Å². The fraction of sp³-hybridized carbons (Fsp3) is 0.185. The first-order valence-corrected chi connectivity index (χ1v) is 20.2. The van der Waals surface area contributed by atoms with Crippen molar-refractivity contribution >= 4 is 39.2 Å². The van der Waals surface area contributed by atoms with Crippen LogP contribution in [0.4, 0.5) is 28.4 Å². The second-order valence-electron chi connectivity index (χ2n) is 17.1. The van der Waals surface area contributed by atoms with Crippen LogP contribution in [0.3, 0.4) is 0 Å². The Hall–Kier alpha value is -6.12. The Morgan fingerprint density at radius 1 is 0.464 bits per heavy atom. The fourth-order valence-corrected chi connectivity index (χ4v) is 10.00. The van der Waals surface area contributed by atoms with Gasteiger partial charge in [-0.15, -0.1) is 0 Å². The molecule has 0 heterocycles. The van der Waals surface area contributed by atoms with Crippen LogP contribution in [0.2, 0.25) is 0 Å². The van der Waals surface area contributed by atoms with Crippen LogP contribution in [-0.4, -0.2) is 0 Å². The largest absolute Gasteiger partial charge is 0.314 e. The van der Waals surface area contributed by atoms with E-state index in [1.165, 1.54) is 89.2 Å². The van der Waals surface area contributed by atoms with Gasteiger partial charge in [0.25, 0.3) is 0 Å². The monoisotopic (exact) mass is 724 g/mol. The summed E-state index contributed by atoms with van der Waals surface area (Å²) in [5, 5.41) is 2.68. The predicted molar refractivity (Wildman–Crippen MR) is 238 cm³/mol. The number of allylic oxidation sites excluding steroid dienone is 4. The summed E-state index contributed by atoms with van der Waals surface area (Å²) in [5.74, 6) is 0. The zero-order valence-corrected chi connectivity index (χ0v) is 33.3. The second kappa shape index (κ2) is 12.7. The van der Waals surface area contributed by atoms with E-state index in [9.17, 15) is 0 Å². The number of benzene rings is 7. The molecule has 3 aliphatic carbocycles. The van der Waals surface area contributed by atoms with Crippen molar-refractivity contribution in [2.24, 2.45) is 0 Å². The third kappa shape index (κ3) is 5.15. The van der Waals surface area contributed by atoms with Gasteiger partial charge in [0.05, 0.1) is 0 Å². The minimum atomic E-state index is -0.236. The molecule has 0 aromatic heterocycles. The van der Waals surface area contributed by atoms with E-state index >= 15 is 0 Å². The molecule has 0 N–H and O–H groups in total. The average molecular weight is 725 g/mol. The molecule has 0 unspecified atom stereocenters. The molecule has 274 valence electrons. The Morgan fingerprint density at radius 2 is 0.911 bits per heavy atom. The molecular formula is C54H48N2. The van der Waals surface area contributed by atoms with E-state index in [4.69, 9.17) is 0 Å². The summed E-state index contributed by atoms with van der Waals surface area (Å²) in [4.78, 5) is 4.89. The van der Waals surface area contributed by atoms with Crippen LogP contribution in [0.1, 0.15) is 73.9 Å². The number of hydrogen-bond acceptors (Lipinski definition) is 2. The molecule has 7 aromatic carbocycles. The van der Waals surface area contributed by atoms with Gasteiger partial charge in [-0.3, -0.25) is 0 Å². The van der Waals surface area contributed by atoms with Crippen molar-refractivity contribution in [1.82, 2.24) is 0 Å². The molecule has 2 nitrogen and oxygen atoms in total. The Morgan fingerprint density at radius 3 is 1.41 bits per heavy atom.